The van der Waals surface area contributed by atoms with Gasteiger partial charge in [0.15, 0.2) is 25.0 Å². The molecular weight excluding hydrogens is 1020 g/mol. The second-order valence-corrected chi connectivity index (χ2v) is 25.6. The van der Waals surface area contributed by atoms with Crippen molar-refractivity contribution in [1.82, 2.24) is 0 Å². The maximum absolute atomic E-state index is 13.7. The fourth-order valence-electron chi connectivity index (χ4n) is 16.4. The summed E-state index contributed by atoms with van der Waals surface area (Å²) in [5.74, 6) is -3.40. The number of aliphatic hydroxyl groups is 10. The topological polar surface area (TPSA) is 348 Å². The van der Waals surface area contributed by atoms with E-state index in [4.69, 9.17) is 37.9 Å². The lowest BCUT2D eigenvalue weighted by Gasteiger charge is -2.72. The van der Waals surface area contributed by atoms with Crippen LogP contribution in [-0.4, -0.2) is 204 Å². The Hall–Kier alpha value is -3.27. The van der Waals surface area contributed by atoms with Gasteiger partial charge in [-0.05, 0) is 96.5 Å². The summed E-state index contributed by atoms with van der Waals surface area (Å²) in [5, 5.41) is 121. The molecule has 22 heteroatoms. The minimum absolute atomic E-state index is 0.0281. The lowest BCUT2D eigenvalue weighted by atomic mass is 9.33. The van der Waals surface area contributed by atoms with Crippen LogP contribution in [0.4, 0.5) is 0 Å². The van der Waals surface area contributed by atoms with Crippen LogP contribution in [0.5, 0.6) is 0 Å². The van der Waals surface area contributed by atoms with Crippen LogP contribution in [0.1, 0.15) is 111 Å². The van der Waals surface area contributed by atoms with Crippen LogP contribution in [0, 0.1) is 50.2 Å². The molecule has 0 unspecified atom stereocenters. The van der Waals surface area contributed by atoms with Crippen molar-refractivity contribution >= 4 is 17.9 Å². The van der Waals surface area contributed by atoms with Gasteiger partial charge in [-0.3, -0.25) is 4.79 Å². The second-order valence-electron chi connectivity index (χ2n) is 25.6. The van der Waals surface area contributed by atoms with Crippen LogP contribution in [-0.2, 0) is 47.5 Å². The molecule has 4 saturated carbocycles. The van der Waals surface area contributed by atoms with E-state index in [9.17, 15) is 70.6 Å². The van der Waals surface area contributed by atoms with Crippen molar-refractivity contribution < 1.29 is 108 Å². The van der Waals surface area contributed by atoms with E-state index in [2.05, 4.69) is 40.7 Å². The first kappa shape index (κ1) is 59.4. The zero-order valence-corrected chi connectivity index (χ0v) is 45.6. The molecule has 8 aliphatic rings. The summed E-state index contributed by atoms with van der Waals surface area (Å²) in [6.45, 7) is 14.2. The van der Waals surface area contributed by atoms with E-state index in [-0.39, 0.29) is 23.7 Å². The first-order valence-electron chi connectivity index (χ1n) is 27.5. The number of aliphatic hydroxyl groups excluding tert-OH is 10. The molecule has 438 valence electrons. The van der Waals surface area contributed by atoms with E-state index in [0.717, 1.165) is 5.57 Å². The van der Waals surface area contributed by atoms with Gasteiger partial charge in [0.05, 0.1) is 43.0 Å². The van der Waals surface area contributed by atoms with Crippen molar-refractivity contribution in [1.29, 1.82) is 0 Å². The highest BCUT2D eigenvalue weighted by atomic mass is 16.8. The molecule has 9 rings (SSSR count). The summed E-state index contributed by atoms with van der Waals surface area (Å²) in [7, 11) is 0. The fourth-order valence-corrected chi connectivity index (χ4v) is 16.4. The van der Waals surface area contributed by atoms with Gasteiger partial charge < -0.3 is 94.1 Å². The van der Waals surface area contributed by atoms with Gasteiger partial charge in [0.2, 0.25) is 0 Å². The summed E-state index contributed by atoms with van der Waals surface area (Å²) < 4.78 is 48.9. The number of hydrogen-bond donors (Lipinski definition) is 11. The van der Waals surface area contributed by atoms with Crippen LogP contribution in [0.25, 0.3) is 0 Å². The number of carboxylic acid groups (broad SMARTS) is 1. The number of carbonyl (C=O) groups is 3. The van der Waals surface area contributed by atoms with E-state index >= 15 is 0 Å². The minimum Gasteiger partial charge on any atom is -0.479 e. The first-order chi connectivity index (χ1) is 36.5. The predicted octanol–water partition coefficient (Wildman–Crippen LogP) is 0.693. The summed E-state index contributed by atoms with van der Waals surface area (Å²) in [6, 6.07) is 8.49. The van der Waals surface area contributed by atoms with Crippen molar-refractivity contribution in [3.8, 4) is 0 Å². The fraction of sp³-hybridized carbons (Fsp3) is 0.804. The molecule has 0 radical (unpaired) electrons. The highest BCUT2D eigenvalue weighted by Crippen LogP contribution is 2.76. The lowest BCUT2D eigenvalue weighted by molar-refractivity contribution is -0.392. The van der Waals surface area contributed by atoms with Gasteiger partial charge in [0.1, 0.15) is 73.2 Å². The number of carbonyl (C=O) groups excluding carboxylic acids is 2. The molecule has 0 bridgehead atoms. The molecule has 0 spiro atoms. The Morgan fingerprint density at radius 2 is 1.36 bits per heavy atom. The highest BCUT2D eigenvalue weighted by Gasteiger charge is 2.74. The molecule has 22 nitrogen and oxygen atoms in total. The maximum Gasteiger partial charge on any atom is 0.338 e. The SMILES string of the molecule is CC(=O)O[C@@H]1[C@@H](OC(=O)c2ccccc2)C(C)(C)C[C@H]2C3=CC[C@@H]4[C@@]5(C)CC[C@H](O[C@@H]6O[C@@H](C(=O)O)[C@@H](O)[C@H](O[C@@H]7OC[C@@H](O)[C@H](O)[C@H]7O)[C@H]6O[C@@H]6O[C@H](CO)[C@H](O)[C@H](O)[C@H]6O)C(C)(C)[C@H]5CC[C@@]4(C)[C@]3(C)C[C@@H](O)[C@@]12CO. The third-order valence-electron chi connectivity index (χ3n) is 20.8. The highest BCUT2D eigenvalue weighted by molar-refractivity contribution is 5.89. The number of hydrogen-bond acceptors (Lipinski definition) is 21. The van der Waals surface area contributed by atoms with Crippen LogP contribution in [0.3, 0.4) is 0 Å². The van der Waals surface area contributed by atoms with Gasteiger partial charge >= 0.3 is 17.9 Å². The molecule has 25 atom stereocenters. The van der Waals surface area contributed by atoms with Crippen molar-refractivity contribution in [3.05, 3.63) is 47.5 Å². The quantitative estimate of drug-likeness (QED) is 0.0779. The normalized spacial score (nSPS) is 48.6. The van der Waals surface area contributed by atoms with E-state index in [1.54, 1.807) is 30.3 Å². The molecule has 0 aromatic heterocycles. The smallest absolute Gasteiger partial charge is 0.338 e. The van der Waals surface area contributed by atoms with Gasteiger partial charge in [0, 0.05) is 12.3 Å². The number of allylic oxidation sites excluding steroid dienone is 2. The van der Waals surface area contributed by atoms with Gasteiger partial charge in [0.25, 0.3) is 0 Å². The zero-order valence-electron chi connectivity index (χ0n) is 45.6. The van der Waals surface area contributed by atoms with Crippen LogP contribution in [0.2, 0.25) is 0 Å². The molecule has 7 fully saturated rings. The van der Waals surface area contributed by atoms with E-state index in [1.165, 1.54) is 6.92 Å². The molecule has 11 N–H and O–H groups in total. The molecule has 1 aromatic carbocycles. The van der Waals surface area contributed by atoms with Crippen LogP contribution >= 0.6 is 0 Å². The first-order valence-corrected chi connectivity index (χ1v) is 27.5. The summed E-state index contributed by atoms with van der Waals surface area (Å²) in [4.78, 5) is 39.7. The number of rotatable bonds is 12. The number of ether oxygens (including phenoxy) is 8. The molecule has 0 amide bonds. The summed E-state index contributed by atoms with van der Waals surface area (Å²) >= 11 is 0. The Labute approximate surface area is 453 Å². The van der Waals surface area contributed by atoms with Crippen molar-refractivity contribution in [2.75, 3.05) is 19.8 Å². The standard InChI is InChI=1S/C56H82O22/c1-25(59)72-45-44(78-47(70)26-12-10-9-11-13-26)51(2,3)20-28-27-14-15-32-53(6)18-17-34(52(4,5)31(53)16-19-54(32,7)55(27,8)21-33(61)56(28,45)24-58)74-50-43(77-49-39(66)37(64)36(63)30(22-57)73-49)41(40(67)42(76-50)46(68)69)75-48-38(65)35(62)29(60)23-71-48/h9-14,28-45,48-50,57-58,60-67H,15-24H2,1-8H3,(H,68,69)/t28-,29+,30+,31+,32+,33+,34-,35-,36-,37-,38+,39+,40-,41-,42+,43+,44+,45+,48-,49-,50+,53-,54+,55+,56-/m0/s1. The number of esters is 2. The number of fused-ring (bicyclic) bond motifs is 7. The van der Waals surface area contributed by atoms with Crippen LogP contribution < -0.4 is 0 Å². The number of carboxylic acids is 1. The Balaban J connectivity index is 1.02. The number of aliphatic carboxylic acids is 1. The molecular formula is C56H82O22. The Morgan fingerprint density at radius 1 is 0.692 bits per heavy atom. The third-order valence-corrected chi connectivity index (χ3v) is 20.8. The minimum atomic E-state index is -2.10. The average molecular weight is 1110 g/mol. The molecule has 3 heterocycles. The monoisotopic (exact) mass is 1110 g/mol. The molecule has 5 aliphatic carbocycles. The molecule has 78 heavy (non-hydrogen) atoms. The van der Waals surface area contributed by atoms with Crippen LogP contribution in [0.15, 0.2) is 42.0 Å². The Morgan fingerprint density at radius 3 is 2.00 bits per heavy atom. The summed E-state index contributed by atoms with van der Waals surface area (Å²) in [6.07, 6.45) is -23.8. The predicted molar refractivity (Wildman–Crippen MR) is 268 cm³/mol. The zero-order chi connectivity index (χ0) is 57.0. The molecule has 3 aliphatic heterocycles. The van der Waals surface area contributed by atoms with E-state index in [0.29, 0.717) is 44.1 Å². The Kier molecular flexibility index (Phi) is 16.3. The van der Waals surface area contributed by atoms with Crippen molar-refractivity contribution in [2.45, 2.75) is 211 Å². The maximum atomic E-state index is 13.7. The van der Waals surface area contributed by atoms with E-state index in [1.807, 2.05) is 13.8 Å². The van der Waals surface area contributed by atoms with E-state index < -0.39 is 181 Å². The molecule has 3 saturated heterocycles. The average Bonchev–Trinajstić information content (AvgIpc) is 3.52. The van der Waals surface area contributed by atoms with Gasteiger partial charge in [-0.15, -0.1) is 0 Å². The second kappa shape index (κ2) is 21.5. The van der Waals surface area contributed by atoms with Gasteiger partial charge in [-0.1, -0.05) is 78.3 Å². The molecule has 1 aromatic rings. The summed E-state index contributed by atoms with van der Waals surface area (Å²) in [5.41, 5.74) is -3.02. The van der Waals surface area contributed by atoms with Crippen molar-refractivity contribution in [3.63, 3.8) is 0 Å². The largest absolute Gasteiger partial charge is 0.479 e. The van der Waals surface area contributed by atoms with Crippen molar-refractivity contribution in [2.24, 2.45) is 50.2 Å². The lowest BCUT2D eigenvalue weighted by Crippen LogP contribution is -2.72. The third kappa shape index (κ3) is 9.48. The number of benzene rings is 1. The van der Waals surface area contributed by atoms with Gasteiger partial charge in [-0.25, -0.2) is 9.59 Å². The Bertz CT molecular complexity index is 2380. The van der Waals surface area contributed by atoms with Gasteiger partial charge in [-0.2, -0.15) is 0 Å².